The van der Waals surface area contributed by atoms with Crippen LogP contribution in [0.1, 0.15) is 0 Å². The lowest BCUT2D eigenvalue weighted by molar-refractivity contribution is -0.192. The zero-order valence-corrected chi connectivity index (χ0v) is 12.0. The fourth-order valence-electron chi connectivity index (χ4n) is 1.30. The maximum absolute atomic E-state index is 11.2. The standard InChI is InChI=1S/C11H11N3O3.C2HF3O2/c1-2-5-16-11(15)17-10-7-13-14-4-3-8(12)6-9(10)14;3-2(4,5)1(6)7/h2-4,6-7H,1,5,12H2;(H,6,7). The quantitative estimate of drug-likeness (QED) is 0.646. The van der Waals surface area contributed by atoms with E-state index in [0.717, 1.165) is 0 Å². The number of nitrogens with zero attached hydrogens (tertiary/aromatic N) is 2. The van der Waals surface area contributed by atoms with Gasteiger partial charge in [0.2, 0.25) is 0 Å². The molecule has 11 heteroatoms. The van der Waals surface area contributed by atoms with Crippen molar-refractivity contribution in [3.8, 4) is 5.75 Å². The SMILES string of the molecule is C=CCOC(=O)Oc1cnn2ccc(N)cc12.O=C(O)C(F)(F)F. The molecule has 2 rings (SSSR count). The first kappa shape index (κ1) is 18.8. The molecule has 24 heavy (non-hydrogen) atoms. The van der Waals surface area contributed by atoms with E-state index in [2.05, 4.69) is 11.7 Å². The predicted octanol–water partition coefficient (Wildman–Crippen LogP) is 2.25. The first-order chi connectivity index (χ1) is 11.1. The van der Waals surface area contributed by atoms with Crippen molar-refractivity contribution in [1.82, 2.24) is 9.61 Å². The molecule has 0 fully saturated rings. The number of carbonyl (C=O) groups excluding carboxylic acids is 1. The van der Waals surface area contributed by atoms with Crippen molar-refractivity contribution in [2.24, 2.45) is 0 Å². The highest BCUT2D eigenvalue weighted by atomic mass is 19.4. The second-order valence-electron chi connectivity index (χ2n) is 4.05. The van der Waals surface area contributed by atoms with Gasteiger partial charge < -0.3 is 20.3 Å². The van der Waals surface area contributed by atoms with Gasteiger partial charge in [-0.15, -0.1) is 0 Å². The van der Waals surface area contributed by atoms with Crippen molar-refractivity contribution in [3.63, 3.8) is 0 Å². The van der Waals surface area contributed by atoms with E-state index >= 15 is 0 Å². The number of halogens is 3. The second-order valence-corrected chi connectivity index (χ2v) is 4.05. The van der Waals surface area contributed by atoms with E-state index in [9.17, 15) is 18.0 Å². The molecule has 0 saturated carbocycles. The molecule has 0 aliphatic rings. The van der Waals surface area contributed by atoms with Crippen LogP contribution in [0, 0.1) is 0 Å². The molecular formula is C13H12F3N3O5. The first-order valence-electron chi connectivity index (χ1n) is 6.13. The van der Waals surface area contributed by atoms with Crippen molar-refractivity contribution < 1.29 is 37.3 Å². The third kappa shape index (κ3) is 5.51. The number of fused-ring (bicyclic) bond motifs is 1. The molecule has 0 amide bonds. The van der Waals surface area contributed by atoms with Crippen LogP contribution in [0.4, 0.5) is 23.7 Å². The topological polar surface area (TPSA) is 116 Å². The van der Waals surface area contributed by atoms with E-state index < -0.39 is 18.3 Å². The molecule has 0 saturated heterocycles. The predicted molar refractivity (Wildman–Crippen MR) is 75.5 cm³/mol. The summed E-state index contributed by atoms with van der Waals surface area (Å²) in [6.45, 7) is 3.52. The Kier molecular flexibility index (Phi) is 6.15. The summed E-state index contributed by atoms with van der Waals surface area (Å²) in [5.74, 6) is -2.46. The van der Waals surface area contributed by atoms with E-state index in [1.807, 2.05) is 0 Å². The molecular weight excluding hydrogens is 335 g/mol. The Morgan fingerprint density at radius 1 is 1.46 bits per heavy atom. The first-order valence-corrected chi connectivity index (χ1v) is 6.13. The number of anilines is 1. The monoisotopic (exact) mass is 347 g/mol. The highest BCUT2D eigenvalue weighted by molar-refractivity contribution is 5.73. The Balaban J connectivity index is 0.000000351. The summed E-state index contributed by atoms with van der Waals surface area (Å²) in [6, 6.07) is 3.35. The highest BCUT2D eigenvalue weighted by Gasteiger charge is 2.38. The Morgan fingerprint density at radius 3 is 2.62 bits per heavy atom. The van der Waals surface area contributed by atoms with Crippen LogP contribution < -0.4 is 10.5 Å². The van der Waals surface area contributed by atoms with Gasteiger partial charge in [-0.3, -0.25) is 0 Å². The lowest BCUT2D eigenvalue weighted by Crippen LogP contribution is -2.21. The lowest BCUT2D eigenvalue weighted by atomic mass is 10.3. The van der Waals surface area contributed by atoms with Crippen LogP contribution in [0.5, 0.6) is 5.75 Å². The number of ether oxygens (including phenoxy) is 2. The number of alkyl halides is 3. The molecule has 2 aromatic rings. The van der Waals surface area contributed by atoms with Crippen molar-refractivity contribution in [3.05, 3.63) is 37.2 Å². The summed E-state index contributed by atoms with van der Waals surface area (Å²) in [7, 11) is 0. The van der Waals surface area contributed by atoms with Crippen LogP contribution in [0.15, 0.2) is 37.2 Å². The molecule has 0 aliphatic carbocycles. The molecule has 0 unspecified atom stereocenters. The van der Waals surface area contributed by atoms with Gasteiger partial charge in [-0.05, 0) is 12.1 Å². The number of nitrogen functional groups attached to an aromatic ring is 1. The van der Waals surface area contributed by atoms with Crippen molar-refractivity contribution in [1.29, 1.82) is 0 Å². The number of carbonyl (C=O) groups is 2. The van der Waals surface area contributed by atoms with Crippen LogP contribution >= 0.6 is 0 Å². The average Bonchev–Trinajstić information content (AvgIpc) is 2.87. The molecule has 0 aliphatic heterocycles. The van der Waals surface area contributed by atoms with E-state index in [1.54, 1.807) is 22.8 Å². The minimum absolute atomic E-state index is 0.0974. The number of rotatable bonds is 3. The summed E-state index contributed by atoms with van der Waals surface area (Å²) in [5, 5.41) is 11.1. The molecule has 2 aromatic heterocycles. The maximum atomic E-state index is 11.2. The van der Waals surface area contributed by atoms with Crippen LogP contribution in [-0.2, 0) is 9.53 Å². The van der Waals surface area contributed by atoms with E-state index in [0.29, 0.717) is 17.0 Å². The number of pyridine rings is 1. The smallest absolute Gasteiger partial charge is 0.475 e. The highest BCUT2D eigenvalue weighted by Crippen LogP contribution is 2.21. The number of hydrogen-bond acceptors (Lipinski definition) is 6. The van der Waals surface area contributed by atoms with Gasteiger partial charge in [0.25, 0.3) is 0 Å². The van der Waals surface area contributed by atoms with E-state index in [1.165, 1.54) is 12.3 Å². The zero-order chi connectivity index (χ0) is 18.3. The van der Waals surface area contributed by atoms with Gasteiger partial charge >= 0.3 is 18.3 Å². The van der Waals surface area contributed by atoms with Crippen LogP contribution in [0.3, 0.4) is 0 Å². The van der Waals surface area contributed by atoms with Crippen molar-refractivity contribution in [2.45, 2.75) is 6.18 Å². The van der Waals surface area contributed by atoms with Gasteiger partial charge in [-0.1, -0.05) is 12.7 Å². The Morgan fingerprint density at radius 2 is 2.08 bits per heavy atom. The summed E-state index contributed by atoms with van der Waals surface area (Å²) < 4.78 is 43.0. The zero-order valence-electron chi connectivity index (χ0n) is 12.0. The Hall–Kier alpha value is -3.24. The molecule has 0 aromatic carbocycles. The molecule has 2 heterocycles. The van der Waals surface area contributed by atoms with Crippen LogP contribution in [0.2, 0.25) is 0 Å². The number of carboxylic acid groups (broad SMARTS) is 1. The third-order valence-corrected chi connectivity index (χ3v) is 2.27. The van der Waals surface area contributed by atoms with Crippen LogP contribution in [0.25, 0.3) is 5.52 Å². The molecule has 3 N–H and O–H groups in total. The summed E-state index contributed by atoms with van der Waals surface area (Å²) >= 11 is 0. The fourth-order valence-corrected chi connectivity index (χ4v) is 1.30. The van der Waals surface area contributed by atoms with Gasteiger partial charge in [-0.25, -0.2) is 14.1 Å². The molecule has 0 bridgehead atoms. The van der Waals surface area contributed by atoms with E-state index in [-0.39, 0.29) is 6.61 Å². The maximum Gasteiger partial charge on any atom is 0.514 e. The molecule has 0 radical (unpaired) electrons. The molecule has 130 valence electrons. The average molecular weight is 347 g/mol. The largest absolute Gasteiger partial charge is 0.514 e. The number of aromatic nitrogens is 2. The molecule has 0 atom stereocenters. The summed E-state index contributed by atoms with van der Waals surface area (Å²) in [6.07, 6.45) is -1.34. The van der Waals surface area contributed by atoms with Gasteiger partial charge in [0.05, 0.1) is 6.20 Å². The summed E-state index contributed by atoms with van der Waals surface area (Å²) in [5.41, 5.74) is 6.79. The lowest BCUT2D eigenvalue weighted by Gasteiger charge is -2.02. The van der Waals surface area contributed by atoms with Gasteiger partial charge in [0.15, 0.2) is 5.75 Å². The minimum Gasteiger partial charge on any atom is -0.475 e. The van der Waals surface area contributed by atoms with Gasteiger partial charge in [-0.2, -0.15) is 18.3 Å². The second kappa shape index (κ2) is 7.85. The van der Waals surface area contributed by atoms with Gasteiger partial charge in [0, 0.05) is 11.9 Å². The fraction of sp³-hybridized carbons (Fsp3) is 0.154. The number of nitrogens with two attached hydrogens (primary N) is 1. The van der Waals surface area contributed by atoms with E-state index in [4.69, 9.17) is 25.1 Å². The number of carboxylic acids is 1. The number of aliphatic carboxylic acids is 1. The van der Waals surface area contributed by atoms with Crippen molar-refractivity contribution >= 4 is 23.3 Å². The third-order valence-electron chi connectivity index (χ3n) is 2.27. The minimum atomic E-state index is -5.08. The molecule has 0 spiro atoms. The molecule has 8 nitrogen and oxygen atoms in total. The normalized spacial score (nSPS) is 10.5. The van der Waals surface area contributed by atoms with Crippen molar-refractivity contribution in [2.75, 3.05) is 12.3 Å². The Labute approximate surface area is 132 Å². The van der Waals surface area contributed by atoms with Gasteiger partial charge in [0.1, 0.15) is 12.1 Å². The Bertz CT molecular complexity index is 742. The van der Waals surface area contributed by atoms with Crippen LogP contribution in [-0.4, -0.2) is 39.6 Å². The number of hydrogen-bond donors (Lipinski definition) is 2. The summed E-state index contributed by atoms with van der Waals surface area (Å²) in [4.78, 5) is 20.1.